The molecule has 2 aliphatic rings. The van der Waals surface area contributed by atoms with Gasteiger partial charge in [0.1, 0.15) is 53.5 Å². The highest BCUT2D eigenvalue weighted by atomic mass is 16.6. The average molecular weight is 695 g/mol. The number of nitrogens with one attached hydrogen (secondary N) is 1. The normalized spacial score (nSPS) is 19.3. The predicted molar refractivity (Wildman–Crippen MR) is 187 cm³/mol. The van der Waals surface area contributed by atoms with Gasteiger partial charge in [-0.2, -0.15) is 4.98 Å². The molecule has 264 valence electrons. The second kappa shape index (κ2) is 14.4. The first-order chi connectivity index (χ1) is 24.9. The summed E-state index contributed by atoms with van der Waals surface area (Å²) in [5.74, 6) is 2.65. The van der Waals surface area contributed by atoms with Crippen molar-refractivity contribution in [2.45, 2.75) is 30.1 Å². The molecule has 7 rings (SSSR count). The zero-order valence-corrected chi connectivity index (χ0v) is 28.0. The minimum absolute atomic E-state index is 0.159. The van der Waals surface area contributed by atoms with Gasteiger partial charge in [0.2, 0.25) is 0 Å². The van der Waals surface area contributed by atoms with Crippen molar-refractivity contribution >= 4 is 11.5 Å². The van der Waals surface area contributed by atoms with Gasteiger partial charge >= 0.3 is 5.69 Å². The highest BCUT2D eigenvalue weighted by Crippen LogP contribution is 2.46. The molecule has 4 aromatic carbocycles. The molecule has 13 nitrogen and oxygen atoms in total. The van der Waals surface area contributed by atoms with Gasteiger partial charge in [0.15, 0.2) is 23.5 Å². The van der Waals surface area contributed by atoms with Crippen molar-refractivity contribution in [3.05, 3.63) is 130 Å². The molecular weight excluding hydrogens is 656 g/mol. The van der Waals surface area contributed by atoms with Crippen molar-refractivity contribution in [2.24, 2.45) is 5.73 Å². The molecule has 3 heterocycles. The maximum absolute atomic E-state index is 13.4. The Bertz CT molecular complexity index is 1980. The fraction of sp³-hybridized carbons (Fsp3) is 0.263. The van der Waals surface area contributed by atoms with Crippen molar-refractivity contribution in [3.8, 4) is 28.7 Å². The van der Waals surface area contributed by atoms with Gasteiger partial charge in [0.25, 0.3) is 0 Å². The number of nitrogens with zero attached hydrogens (tertiary/aromatic N) is 2. The predicted octanol–water partition coefficient (Wildman–Crippen LogP) is 4.08. The molecule has 0 spiro atoms. The van der Waals surface area contributed by atoms with Crippen LogP contribution in [0, 0.1) is 0 Å². The Labute approximate surface area is 293 Å². The first kappa shape index (κ1) is 34.0. The number of methoxy groups -OCH3 is 2. The first-order valence-electron chi connectivity index (χ1n) is 16.4. The average Bonchev–Trinajstić information content (AvgIpc) is 3.45. The Hall–Kier alpha value is -5.44. The standard InChI is InChI=1S/C38H38N4O9/c1-46-26-15-11-24(12-16-26)38(23-7-4-3-5-8-23,25-13-17-27(47-2)18-14-25)49-22-31-33(43)34(44)36(51-31)42-21-30-35(41-37(42)45)40-32-28(48-20-19-39)9-6-10-29(32)50-30/h3-18,21,31,33-34,36,43-44H,19-20,22,39H2,1-2H3,(H,40,41,45)/t31-,33-,34-,36-/m1/s1. The van der Waals surface area contributed by atoms with Crippen LogP contribution in [-0.2, 0) is 15.1 Å². The monoisotopic (exact) mass is 694 g/mol. The largest absolute Gasteiger partial charge is 0.497 e. The Morgan fingerprint density at radius 3 is 2.12 bits per heavy atom. The van der Waals surface area contributed by atoms with Crippen LogP contribution in [0.5, 0.6) is 28.7 Å². The summed E-state index contributed by atoms with van der Waals surface area (Å²) in [7, 11) is 3.20. The lowest BCUT2D eigenvalue weighted by molar-refractivity contribution is -0.0959. The van der Waals surface area contributed by atoms with Crippen molar-refractivity contribution in [1.29, 1.82) is 0 Å². The van der Waals surface area contributed by atoms with E-state index < -0.39 is 35.8 Å². The van der Waals surface area contributed by atoms with Crippen LogP contribution >= 0.6 is 0 Å². The third-order valence-corrected chi connectivity index (χ3v) is 8.99. The summed E-state index contributed by atoms with van der Waals surface area (Å²) >= 11 is 0. The third-order valence-electron chi connectivity index (χ3n) is 8.99. The summed E-state index contributed by atoms with van der Waals surface area (Å²) in [5.41, 5.74) is 6.53. The van der Waals surface area contributed by atoms with E-state index >= 15 is 0 Å². The summed E-state index contributed by atoms with van der Waals surface area (Å²) < 4.78 is 36.8. The van der Waals surface area contributed by atoms with Crippen molar-refractivity contribution < 1.29 is 38.6 Å². The zero-order valence-electron chi connectivity index (χ0n) is 28.0. The zero-order chi connectivity index (χ0) is 35.5. The maximum atomic E-state index is 13.4. The molecule has 1 fully saturated rings. The highest BCUT2D eigenvalue weighted by molar-refractivity contribution is 5.77. The van der Waals surface area contributed by atoms with E-state index in [-0.39, 0.29) is 24.8 Å². The Balaban J connectivity index is 1.20. The smallest absolute Gasteiger partial charge is 0.351 e. The summed E-state index contributed by atoms with van der Waals surface area (Å²) in [6.07, 6.45) is -3.86. The molecule has 0 radical (unpaired) electrons. The third kappa shape index (κ3) is 6.37. The van der Waals surface area contributed by atoms with E-state index in [9.17, 15) is 15.0 Å². The van der Waals surface area contributed by atoms with Gasteiger partial charge in [0, 0.05) is 6.54 Å². The van der Waals surface area contributed by atoms with Crippen LogP contribution in [0.2, 0.25) is 0 Å². The fourth-order valence-electron chi connectivity index (χ4n) is 6.42. The molecule has 13 heteroatoms. The molecule has 5 aromatic rings. The van der Waals surface area contributed by atoms with Crippen LogP contribution in [0.4, 0.5) is 11.5 Å². The molecule has 0 unspecified atom stereocenters. The van der Waals surface area contributed by atoms with E-state index in [1.807, 2.05) is 78.9 Å². The van der Waals surface area contributed by atoms with E-state index in [1.165, 1.54) is 6.20 Å². The molecule has 0 aliphatic carbocycles. The molecule has 4 atom stereocenters. The Kier molecular flexibility index (Phi) is 9.62. The van der Waals surface area contributed by atoms with Gasteiger partial charge in [0.05, 0.1) is 27.0 Å². The number of hydrogen-bond acceptors (Lipinski definition) is 12. The number of aliphatic hydroxyl groups excluding tert-OH is 2. The number of anilines is 2. The van der Waals surface area contributed by atoms with Crippen LogP contribution < -0.4 is 35.7 Å². The van der Waals surface area contributed by atoms with E-state index in [0.29, 0.717) is 35.2 Å². The Morgan fingerprint density at radius 1 is 0.843 bits per heavy atom. The minimum Gasteiger partial charge on any atom is -0.497 e. The summed E-state index contributed by atoms with van der Waals surface area (Å²) in [6, 6.07) is 29.9. The van der Waals surface area contributed by atoms with Crippen LogP contribution in [0.25, 0.3) is 0 Å². The molecule has 5 N–H and O–H groups in total. The quantitative estimate of drug-likeness (QED) is 0.136. The number of aromatic nitrogens is 2. The number of aliphatic hydroxyl groups is 2. The van der Waals surface area contributed by atoms with Gasteiger partial charge < -0.3 is 49.7 Å². The lowest BCUT2D eigenvalue weighted by atomic mass is 9.80. The molecule has 1 saturated heterocycles. The lowest BCUT2D eigenvalue weighted by Gasteiger charge is -2.37. The molecule has 2 aliphatic heterocycles. The van der Waals surface area contributed by atoms with Gasteiger partial charge in [-0.1, -0.05) is 60.7 Å². The van der Waals surface area contributed by atoms with Crippen molar-refractivity contribution in [3.63, 3.8) is 0 Å². The van der Waals surface area contributed by atoms with E-state index in [1.54, 1.807) is 32.4 Å². The second-order valence-electron chi connectivity index (χ2n) is 12.0. The second-order valence-corrected chi connectivity index (χ2v) is 12.0. The molecule has 0 saturated carbocycles. The van der Waals surface area contributed by atoms with Gasteiger partial charge in [-0.3, -0.25) is 4.57 Å². The van der Waals surface area contributed by atoms with Crippen LogP contribution in [0.3, 0.4) is 0 Å². The molecule has 0 amide bonds. The summed E-state index contributed by atoms with van der Waals surface area (Å²) in [4.78, 5) is 17.5. The van der Waals surface area contributed by atoms with Crippen LogP contribution in [0.15, 0.2) is 108 Å². The van der Waals surface area contributed by atoms with Gasteiger partial charge in [-0.15, -0.1) is 0 Å². The highest BCUT2D eigenvalue weighted by Gasteiger charge is 2.47. The summed E-state index contributed by atoms with van der Waals surface area (Å²) in [5, 5.41) is 25.7. The number of hydrogen-bond donors (Lipinski definition) is 4. The van der Waals surface area contributed by atoms with Crippen molar-refractivity contribution in [2.75, 3.05) is 39.3 Å². The lowest BCUT2D eigenvalue weighted by Crippen LogP contribution is -2.39. The van der Waals surface area contributed by atoms with E-state index in [0.717, 1.165) is 21.3 Å². The first-order valence-corrected chi connectivity index (χ1v) is 16.4. The SMILES string of the molecule is COc1ccc(C(OC[C@H]2O[C@@H](n3cc4c(nc3=O)Nc3c(OCCN)cccc3O4)[C@H](O)[C@@H]2O)(c2ccccc2)c2ccc(OC)cc2)cc1. The number of para-hydroxylation sites is 1. The minimum atomic E-state index is -1.50. The van der Waals surface area contributed by atoms with E-state index in [2.05, 4.69) is 10.3 Å². The number of fused-ring (bicyclic) bond motifs is 2. The topological polar surface area (TPSA) is 169 Å². The Morgan fingerprint density at radius 2 is 1.49 bits per heavy atom. The molecule has 51 heavy (non-hydrogen) atoms. The maximum Gasteiger partial charge on any atom is 0.351 e. The van der Waals surface area contributed by atoms with Gasteiger partial charge in [-0.05, 0) is 53.1 Å². The fourth-order valence-corrected chi connectivity index (χ4v) is 6.42. The van der Waals surface area contributed by atoms with Crippen LogP contribution in [-0.4, -0.2) is 72.1 Å². The molecule has 0 bridgehead atoms. The molecular formula is C38H38N4O9. The number of ether oxygens (including phenoxy) is 6. The number of benzene rings is 4. The number of rotatable bonds is 12. The van der Waals surface area contributed by atoms with Crippen LogP contribution in [0.1, 0.15) is 22.9 Å². The summed E-state index contributed by atoms with van der Waals surface area (Å²) in [6.45, 7) is 0.435. The number of nitrogens with two attached hydrogens (primary N) is 1. The van der Waals surface area contributed by atoms with Gasteiger partial charge in [-0.25, -0.2) is 4.79 Å². The van der Waals surface area contributed by atoms with E-state index in [4.69, 9.17) is 34.2 Å². The van der Waals surface area contributed by atoms with Crippen molar-refractivity contribution in [1.82, 2.24) is 9.55 Å². The molecule has 1 aromatic heterocycles.